The molecule has 6 nitrogen and oxygen atoms in total. The minimum atomic E-state index is -1.09. The Kier molecular flexibility index (Phi) is 4.59. The van der Waals surface area contributed by atoms with Crippen LogP contribution in [0.2, 0.25) is 0 Å². The molecule has 2 N–H and O–H groups in total. The topological polar surface area (TPSA) is 82.5 Å². The van der Waals surface area contributed by atoms with E-state index in [1.54, 1.807) is 0 Å². The summed E-state index contributed by atoms with van der Waals surface area (Å²) in [5, 5.41) is 11.4. The third-order valence-corrected chi connectivity index (χ3v) is 2.11. The first-order valence-corrected chi connectivity index (χ1v) is 5.12. The number of amides is 1. The zero-order valence-electron chi connectivity index (χ0n) is 9.80. The van der Waals surface area contributed by atoms with Gasteiger partial charge >= 0.3 is 5.97 Å². The van der Waals surface area contributed by atoms with Crippen LogP contribution < -0.4 is 5.32 Å². The number of carbonyl (C=O) groups is 2. The molecule has 6 heteroatoms. The number of pyridine rings is 1. The summed E-state index contributed by atoms with van der Waals surface area (Å²) in [6.07, 6.45) is 3.01. The lowest BCUT2D eigenvalue weighted by molar-refractivity contribution is -0.116. The standard InChI is InChI=1S/C11H15N3O3/c1-14(2)6-4-10(15)13-9-7-12-5-3-8(9)11(16)17/h3,5,7H,4,6H2,1-2H3,(H,13,15)(H,16,17). The molecule has 0 saturated carbocycles. The summed E-state index contributed by atoms with van der Waals surface area (Å²) in [5.74, 6) is -1.32. The van der Waals surface area contributed by atoms with E-state index in [0.717, 1.165) is 0 Å². The van der Waals surface area contributed by atoms with E-state index in [9.17, 15) is 9.59 Å². The van der Waals surface area contributed by atoms with Gasteiger partial charge in [0, 0.05) is 19.2 Å². The van der Waals surface area contributed by atoms with Gasteiger partial charge in [0.1, 0.15) is 0 Å². The molecule has 1 amide bonds. The van der Waals surface area contributed by atoms with Crippen LogP contribution in [0.1, 0.15) is 16.8 Å². The van der Waals surface area contributed by atoms with E-state index in [0.29, 0.717) is 13.0 Å². The lowest BCUT2D eigenvalue weighted by atomic mass is 10.2. The van der Waals surface area contributed by atoms with Crippen molar-refractivity contribution in [1.82, 2.24) is 9.88 Å². The highest BCUT2D eigenvalue weighted by molar-refractivity contribution is 6.00. The number of nitrogens with one attached hydrogen (secondary N) is 1. The highest BCUT2D eigenvalue weighted by Gasteiger charge is 2.12. The molecule has 1 aromatic rings. The minimum absolute atomic E-state index is 0.0400. The van der Waals surface area contributed by atoms with E-state index in [2.05, 4.69) is 10.3 Å². The largest absolute Gasteiger partial charge is 0.478 e. The van der Waals surface area contributed by atoms with Crippen LogP contribution in [0.3, 0.4) is 0 Å². The molecule has 0 unspecified atom stereocenters. The maximum Gasteiger partial charge on any atom is 0.337 e. The summed E-state index contributed by atoms with van der Waals surface area (Å²) < 4.78 is 0. The summed E-state index contributed by atoms with van der Waals surface area (Å²) in [5.41, 5.74) is 0.266. The number of anilines is 1. The molecule has 0 atom stereocenters. The number of rotatable bonds is 5. The molecule has 0 spiro atoms. The monoisotopic (exact) mass is 237 g/mol. The van der Waals surface area contributed by atoms with Gasteiger partial charge in [0.25, 0.3) is 0 Å². The molecule has 0 aromatic carbocycles. The Balaban J connectivity index is 2.68. The summed E-state index contributed by atoms with van der Waals surface area (Å²) in [4.78, 5) is 28.1. The SMILES string of the molecule is CN(C)CCC(=O)Nc1cnccc1C(=O)O. The number of hydrogen-bond donors (Lipinski definition) is 2. The van der Waals surface area contributed by atoms with Gasteiger partial charge in [0.2, 0.25) is 5.91 Å². The maximum absolute atomic E-state index is 11.5. The minimum Gasteiger partial charge on any atom is -0.478 e. The van der Waals surface area contributed by atoms with E-state index in [4.69, 9.17) is 5.11 Å². The van der Waals surface area contributed by atoms with Gasteiger partial charge in [-0.05, 0) is 20.2 Å². The summed E-state index contributed by atoms with van der Waals surface area (Å²) >= 11 is 0. The van der Waals surface area contributed by atoms with Crippen LogP contribution in [-0.4, -0.2) is 47.5 Å². The van der Waals surface area contributed by atoms with Crippen molar-refractivity contribution in [3.8, 4) is 0 Å². The Hall–Kier alpha value is -1.95. The second-order valence-electron chi connectivity index (χ2n) is 3.83. The second-order valence-corrected chi connectivity index (χ2v) is 3.83. The predicted molar refractivity (Wildman–Crippen MR) is 63.0 cm³/mol. The summed E-state index contributed by atoms with van der Waals surface area (Å²) in [7, 11) is 3.72. The highest BCUT2D eigenvalue weighted by atomic mass is 16.4. The summed E-state index contributed by atoms with van der Waals surface area (Å²) in [6.45, 7) is 0.606. The smallest absolute Gasteiger partial charge is 0.337 e. The number of carboxylic acids is 1. The predicted octanol–water partition coefficient (Wildman–Crippen LogP) is 0.670. The van der Waals surface area contributed by atoms with Gasteiger partial charge in [-0.25, -0.2) is 4.79 Å². The second kappa shape index (κ2) is 5.95. The van der Waals surface area contributed by atoms with Crippen LogP contribution in [0.5, 0.6) is 0 Å². The number of carboxylic acid groups (broad SMARTS) is 1. The average molecular weight is 237 g/mol. The van der Waals surface area contributed by atoms with Gasteiger partial charge < -0.3 is 15.3 Å². The number of nitrogens with zero attached hydrogens (tertiary/aromatic N) is 2. The van der Waals surface area contributed by atoms with Gasteiger partial charge in [-0.3, -0.25) is 9.78 Å². The van der Waals surface area contributed by atoms with Crippen LogP contribution in [0, 0.1) is 0 Å². The highest BCUT2D eigenvalue weighted by Crippen LogP contribution is 2.13. The van der Waals surface area contributed by atoms with Gasteiger partial charge in [0.05, 0.1) is 17.4 Å². The van der Waals surface area contributed by atoms with Crippen molar-refractivity contribution in [3.63, 3.8) is 0 Å². The molecule has 0 aliphatic rings. The Morgan fingerprint density at radius 2 is 2.18 bits per heavy atom. The zero-order chi connectivity index (χ0) is 12.8. The Labute approximate surface area is 99.3 Å². The first-order valence-electron chi connectivity index (χ1n) is 5.12. The Bertz CT molecular complexity index is 418. The van der Waals surface area contributed by atoms with Crippen molar-refractivity contribution in [1.29, 1.82) is 0 Å². The number of carbonyl (C=O) groups excluding carboxylic acids is 1. The Morgan fingerprint density at radius 3 is 2.76 bits per heavy atom. The molecule has 92 valence electrons. The van der Waals surface area contributed by atoms with Crippen molar-refractivity contribution < 1.29 is 14.7 Å². The first-order chi connectivity index (χ1) is 8.00. The first kappa shape index (κ1) is 13.1. The third kappa shape index (κ3) is 4.20. The van der Waals surface area contributed by atoms with Crippen molar-refractivity contribution in [3.05, 3.63) is 24.0 Å². The van der Waals surface area contributed by atoms with E-state index < -0.39 is 5.97 Å². The van der Waals surface area contributed by atoms with Crippen molar-refractivity contribution in [2.75, 3.05) is 26.0 Å². The summed E-state index contributed by atoms with van der Waals surface area (Å²) in [6, 6.07) is 1.35. The van der Waals surface area contributed by atoms with E-state index in [1.165, 1.54) is 18.5 Å². The van der Waals surface area contributed by atoms with Crippen molar-refractivity contribution in [2.45, 2.75) is 6.42 Å². The molecule has 0 saturated heterocycles. The average Bonchev–Trinajstić information content (AvgIpc) is 2.27. The maximum atomic E-state index is 11.5. The van der Waals surface area contributed by atoms with E-state index in [1.807, 2.05) is 19.0 Å². The van der Waals surface area contributed by atoms with E-state index >= 15 is 0 Å². The molecule has 0 bridgehead atoms. The molecule has 0 radical (unpaired) electrons. The Morgan fingerprint density at radius 1 is 1.47 bits per heavy atom. The van der Waals surface area contributed by atoms with Gasteiger partial charge in [-0.2, -0.15) is 0 Å². The lowest BCUT2D eigenvalue weighted by Gasteiger charge is -2.10. The molecule has 1 heterocycles. The van der Waals surface area contributed by atoms with Crippen molar-refractivity contribution >= 4 is 17.6 Å². The normalized spacial score (nSPS) is 10.3. The molecular weight excluding hydrogens is 222 g/mol. The van der Waals surface area contributed by atoms with Gasteiger partial charge in [-0.1, -0.05) is 0 Å². The van der Waals surface area contributed by atoms with Gasteiger partial charge in [0.15, 0.2) is 0 Å². The molecule has 0 aliphatic heterocycles. The van der Waals surface area contributed by atoms with Crippen molar-refractivity contribution in [2.24, 2.45) is 0 Å². The molecule has 0 fully saturated rings. The fourth-order valence-corrected chi connectivity index (χ4v) is 1.22. The van der Waals surface area contributed by atoms with E-state index in [-0.39, 0.29) is 17.2 Å². The van der Waals surface area contributed by atoms with Crippen LogP contribution in [0.15, 0.2) is 18.5 Å². The van der Waals surface area contributed by atoms with Crippen LogP contribution in [-0.2, 0) is 4.79 Å². The molecule has 1 rings (SSSR count). The molecule has 1 aromatic heterocycles. The number of aromatic carboxylic acids is 1. The number of hydrogen-bond acceptors (Lipinski definition) is 4. The fraction of sp³-hybridized carbons (Fsp3) is 0.364. The quantitative estimate of drug-likeness (QED) is 0.786. The molecular formula is C11H15N3O3. The fourth-order valence-electron chi connectivity index (χ4n) is 1.22. The van der Waals surface area contributed by atoms with Crippen LogP contribution in [0.25, 0.3) is 0 Å². The van der Waals surface area contributed by atoms with Crippen LogP contribution >= 0.6 is 0 Å². The van der Waals surface area contributed by atoms with Gasteiger partial charge in [-0.15, -0.1) is 0 Å². The molecule has 0 aliphatic carbocycles. The third-order valence-electron chi connectivity index (χ3n) is 2.11. The number of aromatic nitrogens is 1. The zero-order valence-corrected chi connectivity index (χ0v) is 9.80. The van der Waals surface area contributed by atoms with Crippen LogP contribution in [0.4, 0.5) is 5.69 Å². The lowest BCUT2D eigenvalue weighted by Crippen LogP contribution is -2.21. The molecule has 17 heavy (non-hydrogen) atoms.